The van der Waals surface area contributed by atoms with Crippen LogP contribution >= 0.6 is 0 Å². The normalized spacial score (nSPS) is 19.1. The average Bonchev–Trinajstić information content (AvgIpc) is 2.36. The first kappa shape index (κ1) is 15.4. The molecule has 1 unspecified atom stereocenters. The molecule has 0 bridgehead atoms. The quantitative estimate of drug-likeness (QED) is 0.860. The van der Waals surface area contributed by atoms with Crippen molar-refractivity contribution >= 4 is 0 Å². The van der Waals surface area contributed by atoms with E-state index in [1.807, 2.05) is 13.1 Å². The van der Waals surface area contributed by atoms with Crippen molar-refractivity contribution in [1.29, 1.82) is 0 Å². The summed E-state index contributed by atoms with van der Waals surface area (Å²) in [6.07, 6.45) is 5.87. The molecule has 0 aromatic carbocycles. The molecule has 1 saturated carbocycles. The SMILES string of the molecule is Cc1ccc(C(CN)N(C)CC2(N(C)C)CCC2)cn1. The van der Waals surface area contributed by atoms with Crippen LogP contribution in [0.5, 0.6) is 0 Å². The van der Waals surface area contributed by atoms with Gasteiger partial charge in [0.05, 0.1) is 0 Å². The Morgan fingerprint density at radius 3 is 2.40 bits per heavy atom. The summed E-state index contributed by atoms with van der Waals surface area (Å²) in [5, 5.41) is 0. The first-order valence-corrected chi connectivity index (χ1v) is 7.49. The molecule has 0 spiro atoms. The smallest absolute Gasteiger partial charge is 0.0483 e. The predicted octanol–water partition coefficient (Wildman–Crippen LogP) is 1.81. The number of likely N-dealkylation sites (N-methyl/N-ethyl adjacent to an activating group) is 2. The summed E-state index contributed by atoms with van der Waals surface area (Å²) in [5.41, 5.74) is 8.62. The molecule has 1 aliphatic rings. The Kier molecular flexibility index (Phi) is 4.78. The van der Waals surface area contributed by atoms with Crippen molar-refractivity contribution in [2.75, 3.05) is 34.2 Å². The minimum Gasteiger partial charge on any atom is -0.329 e. The summed E-state index contributed by atoms with van der Waals surface area (Å²) in [5.74, 6) is 0. The Morgan fingerprint density at radius 1 is 1.30 bits per heavy atom. The highest BCUT2D eigenvalue weighted by Crippen LogP contribution is 2.37. The summed E-state index contributed by atoms with van der Waals surface area (Å²) < 4.78 is 0. The first-order chi connectivity index (χ1) is 9.48. The lowest BCUT2D eigenvalue weighted by Gasteiger charge is -2.50. The third kappa shape index (κ3) is 3.03. The molecule has 1 aromatic heterocycles. The maximum atomic E-state index is 6.02. The van der Waals surface area contributed by atoms with Crippen molar-refractivity contribution in [2.45, 2.75) is 37.8 Å². The molecule has 4 heteroatoms. The first-order valence-electron chi connectivity index (χ1n) is 7.49. The van der Waals surface area contributed by atoms with E-state index in [1.54, 1.807) is 0 Å². The summed E-state index contributed by atoms with van der Waals surface area (Å²) in [6.45, 7) is 3.71. The molecule has 4 nitrogen and oxygen atoms in total. The molecule has 1 heterocycles. The number of aromatic nitrogens is 1. The molecule has 1 aromatic rings. The molecule has 0 saturated heterocycles. The zero-order chi connectivity index (χ0) is 14.8. The Labute approximate surface area is 123 Å². The molecule has 1 fully saturated rings. The lowest BCUT2D eigenvalue weighted by atomic mass is 9.75. The Balaban J connectivity index is 2.09. The Hall–Kier alpha value is -0.970. The highest BCUT2D eigenvalue weighted by Gasteiger charge is 2.40. The van der Waals surface area contributed by atoms with Gasteiger partial charge < -0.3 is 10.6 Å². The zero-order valence-corrected chi connectivity index (χ0v) is 13.3. The molecule has 0 radical (unpaired) electrons. The number of aryl methyl sites for hydroxylation is 1. The molecule has 1 atom stereocenters. The Bertz CT molecular complexity index is 423. The fourth-order valence-corrected chi connectivity index (χ4v) is 3.15. The van der Waals surface area contributed by atoms with Crippen molar-refractivity contribution in [2.24, 2.45) is 5.73 Å². The summed E-state index contributed by atoms with van der Waals surface area (Å²) in [6, 6.07) is 4.47. The third-order valence-corrected chi connectivity index (χ3v) is 4.85. The second-order valence-electron chi connectivity index (χ2n) is 6.37. The van der Waals surface area contributed by atoms with Gasteiger partial charge in [-0.15, -0.1) is 0 Å². The van der Waals surface area contributed by atoms with Gasteiger partial charge in [-0.3, -0.25) is 9.88 Å². The highest BCUT2D eigenvalue weighted by molar-refractivity contribution is 5.18. The molecule has 0 aliphatic heterocycles. The molecule has 20 heavy (non-hydrogen) atoms. The monoisotopic (exact) mass is 276 g/mol. The van der Waals surface area contributed by atoms with Crippen LogP contribution in [-0.2, 0) is 0 Å². The second kappa shape index (κ2) is 6.20. The molecule has 0 amide bonds. The largest absolute Gasteiger partial charge is 0.329 e. The lowest BCUT2D eigenvalue weighted by Crippen LogP contribution is -2.57. The van der Waals surface area contributed by atoms with Crippen molar-refractivity contribution in [3.63, 3.8) is 0 Å². The molecule has 112 valence electrons. The lowest BCUT2D eigenvalue weighted by molar-refractivity contribution is 0.0167. The van der Waals surface area contributed by atoms with Crippen LogP contribution in [0.2, 0.25) is 0 Å². The van der Waals surface area contributed by atoms with Crippen LogP contribution in [0.3, 0.4) is 0 Å². The second-order valence-corrected chi connectivity index (χ2v) is 6.37. The van der Waals surface area contributed by atoms with Crippen molar-refractivity contribution in [3.05, 3.63) is 29.6 Å². The van der Waals surface area contributed by atoms with Crippen LogP contribution in [0.1, 0.15) is 36.6 Å². The average molecular weight is 276 g/mol. The van der Waals surface area contributed by atoms with E-state index in [1.165, 1.54) is 24.8 Å². The summed E-state index contributed by atoms with van der Waals surface area (Å²) >= 11 is 0. The molecular weight excluding hydrogens is 248 g/mol. The van der Waals surface area contributed by atoms with Crippen LogP contribution in [0.15, 0.2) is 18.3 Å². The number of hydrogen-bond donors (Lipinski definition) is 1. The van der Waals surface area contributed by atoms with Gasteiger partial charge in [0.1, 0.15) is 0 Å². The topological polar surface area (TPSA) is 45.4 Å². The maximum Gasteiger partial charge on any atom is 0.0483 e. The molecular formula is C16H28N4. The van der Waals surface area contributed by atoms with E-state index >= 15 is 0 Å². The van der Waals surface area contributed by atoms with E-state index in [9.17, 15) is 0 Å². The van der Waals surface area contributed by atoms with Gasteiger partial charge in [0.25, 0.3) is 0 Å². The summed E-state index contributed by atoms with van der Waals surface area (Å²) in [4.78, 5) is 9.18. The van der Waals surface area contributed by atoms with Crippen molar-refractivity contribution in [3.8, 4) is 0 Å². The van der Waals surface area contributed by atoms with Crippen LogP contribution in [-0.4, -0.2) is 54.6 Å². The fourth-order valence-electron chi connectivity index (χ4n) is 3.15. The maximum absolute atomic E-state index is 6.02. The predicted molar refractivity (Wildman–Crippen MR) is 83.7 cm³/mol. The van der Waals surface area contributed by atoms with E-state index in [2.05, 4.69) is 48.1 Å². The van der Waals surface area contributed by atoms with Gasteiger partial charge in [0.2, 0.25) is 0 Å². The van der Waals surface area contributed by atoms with Gasteiger partial charge >= 0.3 is 0 Å². The van der Waals surface area contributed by atoms with Gasteiger partial charge in [0, 0.05) is 36.6 Å². The zero-order valence-electron chi connectivity index (χ0n) is 13.3. The van der Waals surface area contributed by atoms with Crippen LogP contribution in [0.4, 0.5) is 0 Å². The minimum atomic E-state index is 0.250. The van der Waals surface area contributed by atoms with Crippen LogP contribution < -0.4 is 5.73 Å². The van der Waals surface area contributed by atoms with Crippen molar-refractivity contribution < 1.29 is 0 Å². The summed E-state index contributed by atoms with van der Waals surface area (Å²) in [7, 11) is 6.57. The van der Waals surface area contributed by atoms with E-state index in [-0.39, 0.29) is 6.04 Å². The molecule has 1 aliphatic carbocycles. The third-order valence-electron chi connectivity index (χ3n) is 4.85. The highest BCUT2D eigenvalue weighted by atomic mass is 15.2. The van der Waals surface area contributed by atoms with Gasteiger partial charge in [-0.25, -0.2) is 0 Å². The number of nitrogens with two attached hydrogens (primary N) is 1. The van der Waals surface area contributed by atoms with E-state index < -0.39 is 0 Å². The number of nitrogens with zero attached hydrogens (tertiary/aromatic N) is 3. The fraction of sp³-hybridized carbons (Fsp3) is 0.688. The van der Waals surface area contributed by atoms with Crippen LogP contribution in [0, 0.1) is 6.92 Å². The Morgan fingerprint density at radius 2 is 2.00 bits per heavy atom. The van der Waals surface area contributed by atoms with Gasteiger partial charge in [-0.1, -0.05) is 6.07 Å². The van der Waals surface area contributed by atoms with Gasteiger partial charge in [-0.2, -0.15) is 0 Å². The number of rotatable bonds is 6. The molecule has 2 N–H and O–H groups in total. The standard InChI is InChI=1S/C16H28N4/c1-13-6-7-14(11-18-13)15(10-17)20(4)12-16(19(2)3)8-5-9-16/h6-7,11,15H,5,8-10,12,17H2,1-4H3. The number of hydrogen-bond acceptors (Lipinski definition) is 4. The number of pyridine rings is 1. The van der Waals surface area contributed by atoms with Crippen molar-refractivity contribution in [1.82, 2.24) is 14.8 Å². The van der Waals surface area contributed by atoms with E-state index in [0.29, 0.717) is 12.1 Å². The van der Waals surface area contributed by atoms with Gasteiger partial charge in [0.15, 0.2) is 0 Å². The molecule has 2 rings (SSSR count). The van der Waals surface area contributed by atoms with Gasteiger partial charge in [-0.05, 0) is 59.0 Å². The van der Waals surface area contributed by atoms with E-state index in [0.717, 1.165) is 12.2 Å². The minimum absolute atomic E-state index is 0.250. The van der Waals surface area contributed by atoms with Crippen LogP contribution in [0.25, 0.3) is 0 Å². The van der Waals surface area contributed by atoms with E-state index in [4.69, 9.17) is 5.73 Å².